The number of hydrogen-bond donors (Lipinski definition) is 1. The van der Waals surface area contributed by atoms with E-state index in [-0.39, 0.29) is 10.6 Å². The van der Waals surface area contributed by atoms with E-state index in [2.05, 4.69) is 0 Å². The molecule has 0 radical (unpaired) electrons. The Hall–Kier alpha value is -1.62. The van der Waals surface area contributed by atoms with Crippen molar-refractivity contribution in [3.05, 3.63) is 33.9 Å². The summed E-state index contributed by atoms with van der Waals surface area (Å²) >= 11 is 0. The van der Waals surface area contributed by atoms with Gasteiger partial charge in [0.1, 0.15) is 0 Å². The molecular formula is C10H15N3O2. The fraction of sp³-hybridized carbons (Fsp3) is 0.400. The quantitative estimate of drug-likeness (QED) is 0.599. The summed E-state index contributed by atoms with van der Waals surface area (Å²) in [5.41, 5.74) is 7.06. The average Bonchev–Trinajstić information content (AvgIpc) is 2.18. The minimum Gasteiger partial charge on any atom is -0.373 e. The van der Waals surface area contributed by atoms with Crippen LogP contribution in [0.5, 0.6) is 0 Å². The standard InChI is InChI=1S/C10H15N3O2/c1-8-3-4-9(12(2)6-5-11)7-10(8)13(14)15/h3-4,7H,5-6,11H2,1-2H3. The fourth-order valence-electron chi connectivity index (χ4n) is 1.35. The van der Waals surface area contributed by atoms with Crippen molar-refractivity contribution in [3.8, 4) is 0 Å². The molecule has 5 nitrogen and oxygen atoms in total. The third kappa shape index (κ3) is 2.66. The molecule has 0 atom stereocenters. The van der Waals surface area contributed by atoms with Crippen molar-refractivity contribution >= 4 is 11.4 Å². The van der Waals surface area contributed by atoms with Gasteiger partial charge in [-0.15, -0.1) is 0 Å². The lowest BCUT2D eigenvalue weighted by Gasteiger charge is -2.18. The van der Waals surface area contributed by atoms with E-state index >= 15 is 0 Å². The molecule has 1 rings (SSSR count). The maximum atomic E-state index is 10.7. The first-order valence-electron chi connectivity index (χ1n) is 4.72. The molecule has 1 aromatic carbocycles. The second kappa shape index (κ2) is 4.75. The van der Waals surface area contributed by atoms with Crippen molar-refractivity contribution in [3.63, 3.8) is 0 Å². The van der Waals surface area contributed by atoms with Gasteiger partial charge in [-0.3, -0.25) is 10.1 Å². The van der Waals surface area contributed by atoms with Gasteiger partial charge >= 0.3 is 0 Å². The molecule has 0 amide bonds. The number of hydrogen-bond acceptors (Lipinski definition) is 4. The largest absolute Gasteiger partial charge is 0.373 e. The summed E-state index contributed by atoms with van der Waals surface area (Å²) in [6, 6.07) is 5.18. The summed E-state index contributed by atoms with van der Waals surface area (Å²) in [6.45, 7) is 2.93. The number of nitro groups is 1. The molecule has 0 spiro atoms. The third-order valence-corrected chi connectivity index (χ3v) is 2.29. The number of aryl methyl sites for hydroxylation is 1. The topological polar surface area (TPSA) is 72.4 Å². The highest BCUT2D eigenvalue weighted by Crippen LogP contribution is 2.23. The van der Waals surface area contributed by atoms with Crippen LogP contribution in [-0.4, -0.2) is 25.1 Å². The van der Waals surface area contributed by atoms with Crippen LogP contribution in [0.4, 0.5) is 11.4 Å². The number of rotatable bonds is 4. The van der Waals surface area contributed by atoms with Crippen LogP contribution in [0.25, 0.3) is 0 Å². The van der Waals surface area contributed by atoms with Gasteiger partial charge in [0.05, 0.1) is 4.92 Å². The van der Waals surface area contributed by atoms with E-state index in [9.17, 15) is 10.1 Å². The average molecular weight is 209 g/mol. The second-order valence-electron chi connectivity index (χ2n) is 3.44. The van der Waals surface area contributed by atoms with Crippen molar-refractivity contribution in [1.82, 2.24) is 0 Å². The predicted octanol–water partition coefficient (Wildman–Crippen LogP) is 1.30. The highest BCUT2D eigenvalue weighted by atomic mass is 16.6. The van der Waals surface area contributed by atoms with Crippen molar-refractivity contribution in [1.29, 1.82) is 0 Å². The Morgan fingerprint density at radius 1 is 1.53 bits per heavy atom. The lowest BCUT2D eigenvalue weighted by Crippen LogP contribution is -2.24. The van der Waals surface area contributed by atoms with Crippen molar-refractivity contribution < 1.29 is 4.92 Å². The van der Waals surface area contributed by atoms with Crippen LogP contribution in [0.15, 0.2) is 18.2 Å². The first-order valence-corrected chi connectivity index (χ1v) is 4.72. The molecule has 15 heavy (non-hydrogen) atoms. The van der Waals surface area contributed by atoms with E-state index in [1.54, 1.807) is 19.1 Å². The first-order chi connectivity index (χ1) is 7.06. The molecule has 5 heteroatoms. The predicted molar refractivity (Wildman–Crippen MR) is 60.2 cm³/mol. The number of likely N-dealkylation sites (N-methyl/N-ethyl adjacent to an activating group) is 1. The summed E-state index contributed by atoms with van der Waals surface area (Å²) in [6.07, 6.45) is 0. The molecule has 0 aliphatic carbocycles. The summed E-state index contributed by atoms with van der Waals surface area (Å²) in [5.74, 6) is 0. The lowest BCUT2D eigenvalue weighted by molar-refractivity contribution is -0.385. The molecule has 0 bridgehead atoms. The van der Waals surface area contributed by atoms with E-state index in [0.717, 1.165) is 5.69 Å². The van der Waals surface area contributed by atoms with Crippen molar-refractivity contribution in [2.45, 2.75) is 6.92 Å². The lowest BCUT2D eigenvalue weighted by atomic mass is 10.2. The molecular weight excluding hydrogens is 194 g/mol. The zero-order valence-electron chi connectivity index (χ0n) is 8.93. The summed E-state index contributed by atoms with van der Waals surface area (Å²) in [4.78, 5) is 12.2. The van der Waals surface area contributed by atoms with Crippen LogP contribution in [-0.2, 0) is 0 Å². The molecule has 0 aliphatic heterocycles. The van der Waals surface area contributed by atoms with Crippen LogP contribution in [0.2, 0.25) is 0 Å². The van der Waals surface area contributed by atoms with Gasteiger partial charge in [-0.2, -0.15) is 0 Å². The van der Waals surface area contributed by atoms with Gasteiger partial charge < -0.3 is 10.6 Å². The summed E-state index contributed by atoms with van der Waals surface area (Å²) < 4.78 is 0. The first kappa shape index (κ1) is 11.5. The third-order valence-electron chi connectivity index (χ3n) is 2.29. The van der Waals surface area contributed by atoms with E-state index in [4.69, 9.17) is 5.73 Å². The van der Waals surface area contributed by atoms with E-state index in [1.165, 1.54) is 0 Å². The minimum absolute atomic E-state index is 0.149. The number of anilines is 1. The molecule has 82 valence electrons. The molecule has 2 N–H and O–H groups in total. The van der Waals surface area contributed by atoms with Gasteiger partial charge in [-0.1, -0.05) is 6.07 Å². The normalized spacial score (nSPS) is 10.1. The monoisotopic (exact) mass is 209 g/mol. The van der Waals surface area contributed by atoms with Crippen LogP contribution >= 0.6 is 0 Å². The van der Waals surface area contributed by atoms with Gasteiger partial charge in [0.15, 0.2) is 0 Å². The smallest absolute Gasteiger partial charge is 0.274 e. The van der Waals surface area contributed by atoms with Gasteiger partial charge in [0.2, 0.25) is 0 Å². The molecule has 0 heterocycles. The Morgan fingerprint density at radius 2 is 2.20 bits per heavy atom. The number of benzene rings is 1. The zero-order chi connectivity index (χ0) is 11.4. The van der Waals surface area contributed by atoms with E-state index in [1.807, 2.05) is 18.0 Å². The summed E-state index contributed by atoms with van der Waals surface area (Å²) in [5, 5.41) is 10.7. The van der Waals surface area contributed by atoms with Crippen LogP contribution in [0.1, 0.15) is 5.56 Å². The van der Waals surface area contributed by atoms with Crippen molar-refractivity contribution in [2.75, 3.05) is 25.0 Å². The molecule has 0 saturated carbocycles. The molecule has 0 aromatic heterocycles. The highest BCUT2D eigenvalue weighted by Gasteiger charge is 2.12. The molecule has 0 aliphatic rings. The van der Waals surface area contributed by atoms with Crippen LogP contribution in [0.3, 0.4) is 0 Å². The zero-order valence-corrected chi connectivity index (χ0v) is 8.93. The fourth-order valence-corrected chi connectivity index (χ4v) is 1.35. The van der Waals surface area contributed by atoms with Crippen LogP contribution < -0.4 is 10.6 Å². The Morgan fingerprint density at radius 3 is 2.73 bits per heavy atom. The number of nitrogens with zero attached hydrogens (tertiary/aromatic N) is 2. The summed E-state index contributed by atoms with van der Waals surface area (Å²) in [7, 11) is 1.86. The van der Waals surface area contributed by atoms with Gasteiger partial charge in [0.25, 0.3) is 5.69 Å². The SMILES string of the molecule is Cc1ccc(N(C)CCN)cc1[N+](=O)[O-]. The van der Waals surface area contributed by atoms with Gasteiger partial charge in [-0.05, 0) is 13.0 Å². The highest BCUT2D eigenvalue weighted by molar-refractivity contribution is 5.56. The molecule has 0 fully saturated rings. The van der Waals surface area contributed by atoms with Crippen LogP contribution in [0, 0.1) is 17.0 Å². The van der Waals surface area contributed by atoms with E-state index in [0.29, 0.717) is 18.7 Å². The van der Waals surface area contributed by atoms with Crippen molar-refractivity contribution in [2.24, 2.45) is 5.73 Å². The Labute approximate surface area is 88.6 Å². The number of nitro benzene ring substituents is 1. The molecule has 1 aromatic rings. The second-order valence-corrected chi connectivity index (χ2v) is 3.44. The Kier molecular flexibility index (Phi) is 3.62. The Balaban J connectivity index is 3.02. The maximum absolute atomic E-state index is 10.7. The van der Waals surface area contributed by atoms with Gasteiger partial charge in [-0.25, -0.2) is 0 Å². The maximum Gasteiger partial charge on any atom is 0.274 e. The molecule has 0 saturated heterocycles. The number of nitrogens with two attached hydrogens (primary N) is 1. The molecule has 0 unspecified atom stereocenters. The van der Waals surface area contributed by atoms with Gasteiger partial charge in [0, 0.05) is 37.5 Å². The minimum atomic E-state index is -0.366. The Bertz CT molecular complexity index is 366. The van der Waals surface area contributed by atoms with E-state index < -0.39 is 0 Å².